The van der Waals surface area contributed by atoms with Gasteiger partial charge in [-0.25, -0.2) is 0 Å². The maximum atomic E-state index is 13.0. The molecule has 0 unspecified atom stereocenters. The number of anilines is 1. The summed E-state index contributed by atoms with van der Waals surface area (Å²) in [7, 11) is 2.03. The lowest BCUT2D eigenvalue weighted by atomic mass is 10.1. The zero-order chi connectivity index (χ0) is 21.6. The van der Waals surface area contributed by atoms with Crippen LogP contribution in [0.25, 0.3) is 16.5 Å². The fourth-order valence-electron chi connectivity index (χ4n) is 3.51. The van der Waals surface area contributed by atoms with Crippen molar-refractivity contribution in [2.45, 2.75) is 6.42 Å². The zero-order valence-corrected chi connectivity index (χ0v) is 17.4. The number of amides is 1. The van der Waals surface area contributed by atoms with E-state index in [1.54, 1.807) is 30.3 Å². The Kier molecular flexibility index (Phi) is 6.08. The fraction of sp³-hybridized carbons (Fsp3) is 0.160. The number of nitrogens with one attached hydrogen (secondary N) is 1. The molecule has 0 aliphatic carbocycles. The van der Waals surface area contributed by atoms with Gasteiger partial charge in [-0.15, -0.1) is 0 Å². The smallest absolute Gasteiger partial charge is 0.279 e. The average molecular weight is 412 g/mol. The third kappa shape index (κ3) is 4.48. The lowest BCUT2D eigenvalue weighted by molar-refractivity contribution is 0.0948. The van der Waals surface area contributed by atoms with E-state index in [1.807, 2.05) is 49.5 Å². The molecule has 6 nitrogen and oxygen atoms in total. The number of rotatable bonds is 7. The van der Waals surface area contributed by atoms with Gasteiger partial charge in [0.2, 0.25) is 0 Å². The van der Waals surface area contributed by atoms with Gasteiger partial charge in [0.1, 0.15) is 0 Å². The van der Waals surface area contributed by atoms with Gasteiger partial charge in [-0.05, 0) is 36.8 Å². The van der Waals surface area contributed by atoms with Gasteiger partial charge in [0.05, 0.1) is 11.1 Å². The summed E-state index contributed by atoms with van der Waals surface area (Å²) in [6.07, 6.45) is 0.785. The molecule has 4 rings (SSSR count). The van der Waals surface area contributed by atoms with E-state index in [-0.39, 0.29) is 17.2 Å². The van der Waals surface area contributed by atoms with E-state index >= 15 is 0 Å². The van der Waals surface area contributed by atoms with Crippen molar-refractivity contribution in [1.82, 2.24) is 15.1 Å². The van der Waals surface area contributed by atoms with Gasteiger partial charge >= 0.3 is 0 Å². The molecular formula is C25H24N4O2. The number of carbonyl (C=O) groups excluding carboxylic acids is 1. The number of carbonyl (C=O) groups is 1. The topological polar surface area (TPSA) is 67.2 Å². The van der Waals surface area contributed by atoms with E-state index < -0.39 is 0 Å². The lowest BCUT2D eigenvalue weighted by Crippen LogP contribution is -2.31. The molecule has 0 bridgehead atoms. The Labute approximate surface area is 180 Å². The zero-order valence-electron chi connectivity index (χ0n) is 17.4. The standard InChI is InChI=1S/C25H24N4O2/c1-28(19-11-4-2-5-12-19)18-10-17-26-24(30)23-21-15-8-9-16-22(21)25(31)29(27-23)20-13-6-3-7-14-20/h2-9,11-16H,10,17-18H2,1H3,(H,26,30). The first kappa shape index (κ1) is 20.3. The molecule has 31 heavy (non-hydrogen) atoms. The molecule has 6 heteroatoms. The van der Waals surface area contributed by atoms with E-state index in [1.165, 1.54) is 4.68 Å². The highest BCUT2D eigenvalue weighted by Crippen LogP contribution is 2.15. The van der Waals surface area contributed by atoms with Crippen LogP contribution >= 0.6 is 0 Å². The van der Waals surface area contributed by atoms with Crippen molar-refractivity contribution in [3.63, 3.8) is 0 Å². The third-order valence-electron chi connectivity index (χ3n) is 5.17. The van der Waals surface area contributed by atoms with Crippen LogP contribution in [0.1, 0.15) is 16.9 Å². The van der Waals surface area contributed by atoms with Crippen molar-refractivity contribution in [2.75, 3.05) is 25.0 Å². The van der Waals surface area contributed by atoms with Crippen molar-refractivity contribution < 1.29 is 4.79 Å². The largest absolute Gasteiger partial charge is 0.375 e. The van der Waals surface area contributed by atoms with Crippen molar-refractivity contribution in [3.8, 4) is 5.69 Å². The molecular weight excluding hydrogens is 388 g/mol. The van der Waals surface area contributed by atoms with Gasteiger partial charge in [-0.3, -0.25) is 9.59 Å². The summed E-state index contributed by atoms with van der Waals surface area (Å²) in [6.45, 7) is 1.32. The molecule has 1 aromatic heterocycles. The number of nitrogens with zero attached hydrogens (tertiary/aromatic N) is 3. The van der Waals surface area contributed by atoms with Gasteiger partial charge in [0, 0.05) is 31.2 Å². The Bertz CT molecular complexity index is 1240. The summed E-state index contributed by atoms with van der Waals surface area (Å²) in [5, 5.41) is 8.39. The van der Waals surface area contributed by atoms with Gasteiger partial charge in [-0.2, -0.15) is 9.78 Å². The Hall–Kier alpha value is -3.93. The minimum atomic E-state index is -0.289. The normalized spacial score (nSPS) is 10.7. The summed E-state index contributed by atoms with van der Waals surface area (Å²) in [6, 6.07) is 26.3. The number of para-hydroxylation sites is 2. The predicted octanol–water partition coefficient (Wildman–Crippen LogP) is 3.64. The van der Waals surface area contributed by atoms with Crippen LogP contribution in [-0.4, -0.2) is 35.8 Å². The van der Waals surface area contributed by atoms with Crippen LogP contribution < -0.4 is 15.8 Å². The van der Waals surface area contributed by atoms with Gasteiger partial charge in [-0.1, -0.05) is 54.6 Å². The number of fused-ring (bicyclic) bond motifs is 1. The molecule has 0 saturated carbocycles. The first-order valence-electron chi connectivity index (χ1n) is 10.3. The second-order valence-electron chi connectivity index (χ2n) is 7.31. The number of hydrogen-bond donors (Lipinski definition) is 1. The number of aromatic nitrogens is 2. The van der Waals surface area contributed by atoms with Crippen LogP contribution in [0.2, 0.25) is 0 Å². The van der Waals surface area contributed by atoms with E-state index in [4.69, 9.17) is 0 Å². The molecule has 0 fully saturated rings. The van der Waals surface area contributed by atoms with Crippen molar-refractivity contribution >= 4 is 22.4 Å². The molecule has 0 saturated heterocycles. The number of hydrogen-bond acceptors (Lipinski definition) is 4. The Morgan fingerprint density at radius 1 is 0.903 bits per heavy atom. The molecule has 4 aromatic rings. The maximum absolute atomic E-state index is 13.0. The molecule has 0 aliphatic rings. The molecule has 0 aliphatic heterocycles. The predicted molar refractivity (Wildman–Crippen MR) is 124 cm³/mol. The highest BCUT2D eigenvalue weighted by molar-refractivity contribution is 6.04. The van der Waals surface area contributed by atoms with Crippen molar-refractivity contribution in [1.29, 1.82) is 0 Å². The Balaban J connectivity index is 1.52. The van der Waals surface area contributed by atoms with Crippen LogP contribution in [0.15, 0.2) is 89.7 Å². The molecule has 3 aromatic carbocycles. The van der Waals surface area contributed by atoms with Crippen molar-refractivity contribution in [2.24, 2.45) is 0 Å². The summed E-state index contributed by atoms with van der Waals surface area (Å²) in [5.41, 5.74) is 1.76. The first-order chi connectivity index (χ1) is 15.1. The second-order valence-corrected chi connectivity index (χ2v) is 7.31. The first-order valence-corrected chi connectivity index (χ1v) is 10.3. The van der Waals surface area contributed by atoms with Crippen molar-refractivity contribution in [3.05, 3.63) is 101 Å². The van der Waals surface area contributed by atoms with Gasteiger partial charge < -0.3 is 10.2 Å². The molecule has 156 valence electrons. The third-order valence-corrected chi connectivity index (χ3v) is 5.17. The average Bonchev–Trinajstić information content (AvgIpc) is 2.83. The molecule has 0 radical (unpaired) electrons. The van der Waals surface area contributed by atoms with E-state index in [0.29, 0.717) is 23.0 Å². The molecule has 1 N–H and O–H groups in total. The van der Waals surface area contributed by atoms with E-state index in [0.717, 1.165) is 18.7 Å². The second kappa shape index (κ2) is 9.26. The van der Waals surface area contributed by atoms with Crippen LogP contribution in [-0.2, 0) is 0 Å². The maximum Gasteiger partial charge on any atom is 0.279 e. The monoisotopic (exact) mass is 412 g/mol. The molecule has 0 spiro atoms. The van der Waals surface area contributed by atoms with E-state index in [9.17, 15) is 9.59 Å². The van der Waals surface area contributed by atoms with Crippen LogP contribution in [0.4, 0.5) is 5.69 Å². The highest BCUT2D eigenvalue weighted by Gasteiger charge is 2.17. The van der Waals surface area contributed by atoms with Gasteiger partial charge in [0.15, 0.2) is 5.69 Å². The van der Waals surface area contributed by atoms with Crippen LogP contribution in [0, 0.1) is 0 Å². The highest BCUT2D eigenvalue weighted by atomic mass is 16.2. The molecule has 1 heterocycles. The fourth-order valence-corrected chi connectivity index (χ4v) is 3.51. The lowest BCUT2D eigenvalue weighted by Gasteiger charge is -2.19. The summed E-state index contributed by atoms with van der Waals surface area (Å²) in [5.74, 6) is -0.289. The minimum absolute atomic E-state index is 0.246. The summed E-state index contributed by atoms with van der Waals surface area (Å²) >= 11 is 0. The van der Waals surface area contributed by atoms with Crippen LogP contribution in [0.5, 0.6) is 0 Å². The minimum Gasteiger partial charge on any atom is -0.375 e. The summed E-state index contributed by atoms with van der Waals surface area (Å²) in [4.78, 5) is 28.1. The summed E-state index contributed by atoms with van der Waals surface area (Å²) < 4.78 is 1.29. The number of benzene rings is 3. The SMILES string of the molecule is CN(CCCNC(=O)c1nn(-c2ccccc2)c(=O)c2ccccc12)c1ccccc1. The Morgan fingerprint density at radius 3 is 2.23 bits per heavy atom. The quantitative estimate of drug-likeness (QED) is 0.471. The van der Waals surface area contributed by atoms with Crippen LogP contribution in [0.3, 0.4) is 0 Å². The van der Waals surface area contributed by atoms with E-state index in [2.05, 4.69) is 27.4 Å². The molecule has 1 amide bonds. The Morgan fingerprint density at radius 2 is 1.52 bits per heavy atom. The molecule has 0 atom stereocenters. The van der Waals surface area contributed by atoms with Gasteiger partial charge in [0.25, 0.3) is 11.5 Å².